The molecule has 182 valence electrons. The Morgan fingerprint density at radius 1 is 1.03 bits per heavy atom. The molecule has 0 spiro atoms. The van der Waals surface area contributed by atoms with E-state index >= 15 is 0 Å². The molecule has 5 rings (SSSR count). The van der Waals surface area contributed by atoms with Gasteiger partial charge in [-0.15, -0.1) is 0 Å². The van der Waals surface area contributed by atoms with Gasteiger partial charge in [-0.1, -0.05) is 25.1 Å². The molecule has 0 bridgehead atoms. The first kappa shape index (κ1) is 23.8. The third kappa shape index (κ3) is 4.16. The number of hydrogen-bond acceptors (Lipinski definition) is 3. The molecular formula is C29H28N4O2S. The van der Waals surface area contributed by atoms with Gasteiger partial charge in [0.25, 0.3) is 0 Å². The molecule has 1 aliphatic rings. The van der Waals surface area contributed by atoms with Crippen molar-refractivity contribution >= 4 is 29.0 Å². The van der Waals surface area contributed by atoms with E-state index in [1.165, 1.54) is 5.56 Å². The number of pyridine rings is 1. The highest BCUT2D eigenvalue weighted by molar-refractivity contribution is 7.80. The van der Waals surface area contributed by atoms with Crippen molar-refractivity contribution in [2.24, 2.45) is 0 Å². The van der Waals surface area contributed by atoms with E-state index in [1.807, 2.05) is 36.5 Å². The van der Waals surface area contributed by atoms with Crippen molar-refractivity contribution in [3.8, 4) is 5.69 Å². The number of rotatable bonds is 6. The Balaban J connectivity index is 1.64. The fourth-order valence-corrected chi connectivity index (χ4v) is 5.42. The number of aryl methyl sites for hydroxylation is 2. The second-order valence-electron chi connectivity index (χ2n) is 9.03. The highest BCUT2D eigenvalue weighted by Gasteiger charge is 2.42. The van der Waals surface area contributed by atoms with E-state index in [0.29, 0.717) is 5.11 Å². The van der Waals surface area contributed by atoms with Gasteiger partial charge in [0.1, 0.15) is 0 Å². The van der Waals surface area contributed by atoms with Crippen LogP contribution in [-0.2, 0) is 6.42 Å². The number of benzene rings is 2. The number of hydrogen-bond donors (Lipinski definition) is 2. The quantitative estimate of drug-likeness (QED) is 0.323. The number of carboxylic acids is 1. The topological polar surface area (TPSA) is 70.4 Å². The van der Waals surface area contributed by atoms with Gasteiger partial charge in [0.15, 0.2) is 5.11 Å². The lowest BCUT2D eigenvalue weighted by molar-refractivity contribution is 0.0697. The van der Waals surface area contributed by atoms with Crippen LogP contribution < -0.4 is 10.2 Å². The van der Waals surface area contributed by atoms with Crippen molar-refractivity contribution in [3.63, 3.8) is 0 Å². The summed E-state index contributed by atoms with van der Waals surface area (Å²) >= 11 is 5.88. The number of nitrogens with one attached hydrogen (secondary N) is 1. The van der Waals surface area contributed by atoms with Crippen LogP contribution >= 0.6 is 12.2 Å². The van der Waals surface area contributed by atoms with Gasteiger partial charge in [-0.25, -0.2) is 4.79 Å². The zero-order chi connectivity index (χ0) is 25.4. The molecule has 4 aromatic rings. The van der Waals surface area contributed by atoms with E-state index in [9.17, 15) is 9.90 Å². The summed E-state index contributed by atoms with van der Waals surface area (Å²) in [4.78, 5) is 18.2. The first-order valence-electron chi connectivity index (χ1n) is 12.0. The summed E-state index contributed by atoms with van der Waals surface area (Å²) in [5.41, 5.74) is 7.69. The smallest absolute Gasteiger partial charge is 0.335 e. The number of carboxylic acid groups (broad SMARTS) is 1. The molecule has 1 fully saturated rings. The van der Waals surface area contributed by atoms with Gasteiger partial charge in [-0.2, -0.15) is 0 Å². The van der Waals surface area contributed by atoms with E-state index in [1.54, 1.807) is 12.1 Å². The summed E-state index contributed by atoms with van der Waals surface area (Å²) in [6.07, 6.45) is 2.79. The number of anilines is 1. The van der Waals surface area contributed by atoms with E-state index in [4.69, 9.17) is 12.2 Å². The maximum Gasteiger partial charge on any atom is 0.335 e. The second-order valence-corrected chi connectivity index (χ2v) is 9.42. The monoisotopic (exact) mass is 496 g/mol. The Bertz CT molecular complexity index is 1410. The van der Waals surface area contributed by atoms with E-state index in [2.05, 4.69) is 70.9 Å². The van der Waals surface area contributed by atoms with Crippen LogP contribution in [0.3, 0.4) is 0 Å². The Morgan fingerprint density at radius 2 is 1.72 bits per heavy atom. The zero-order valence-corrected chi connectivity index (χ0v) is 21.3. The van der Waals surface area contributed by atoms with Gasteiger partial charge in [0.05, 0.1) is 23.3 Å². The van der Waals surface area contributed by atoms with Crippen LogP contribution in [0.2, 0.25) is 0 Å². The predicted molar refractivity (Wildman–Crippen MR) is 146 cm³/mol. The lowest BCUT2D eigenvalue weighted by Crippen LogP contribution is -2.29. The minimum absolute atomic E-state index is 0.113. The predicted octanol–water partition coefficient (Wildman–Crippen LogP) is 5.93. The van der Waals surface area contributed by atoms with Crippen LogP contribution in [-0.4, -0.2) is 25.7 Å². The molecular weight excluding hydrogens is 468 g/mol. The molecule has 2 unspecified atom stereocenters. The summed E-state index contributed by atoms with van der Waals surface area (Å²) in [7, 11) is 0. The molecule has 1 saturated heterocycles. The molecule has 7 heteroatoms. The van der Waals surface area contributed by atoms with E-state index < -0.39 is 5.97 Å². The number of nitrogens with zero attached hydrogens (tertiary/aromatic N) is 3. The maximum atomic E-state index is 11.3. The highest BCUT2D eigenvalue weighted by Crippen LogP contribution is 2.43. The van der Waals surface area contributed by atoms with Crippen molar-refractivity contribution in [1.29, 1.82) is 0 Å². The van der Waals surface area contributed by atoms with Crippen molar-refractivity contribution in [2.45, 2.75) is 39.3 Å². The summed E-state index contributed by atoms with van der Waals surface area (Å²) in [5.74, 6) is -0.934. The Kier molecular flexibility index (Phi) is 6.33. The van der Waals surface area contributed by atoms with Crippen LogP contribution in [0.5, 0.6) is 0 Å². The normalized spacial score (nSPS) is 17.3. The number of thiocarbonyl (C=S) groups is 1. The minimum Gasteiger partial charge on any atom is -0.478 e. The highest BCUT2D eigenvalue weighted by atomic mass is 32.1. The average Bonchev–Trinajstić information content (AvgIpc) is 3.39. The van der Waals surface area contributed by atoms with E-state index in [0.717, 1.165) is 40.4 Å². The van der Waals surface area contributed by atoms with Crippen molar-refractivity contribution in [2.75, 3.05) is 4.90 Å². The molecule has 6 nitrogen and oxygen atoms in total. The fraction of sp³-hybridized carbons (Fsp3) is 0.207. The van der Waals surface area contributed by atoms with Gasteiger partial charge >= 0.3 is 5.97 Å². The third-order valence-corrected chi connectivity index (χ3v) is 7.20. The third-order valence-electron chi connectivity index (χ3n) is 6.88. The number of aromatic nitrogens is 2. The van der Waals surface area contributed by atoms with Crippen LogP contribution in [0.4, 0.5) is 5.69 Å². The molecule has 2 aromatic carbocycles. The lowest BCUT2D eigenvalue weighted by Gasteiger charge is -2.28. The lowest BCUT2D eigenvalue weighted by atomic mass is 9.96. The zero-order valence-electron chi connectivity index (χ0n) is 20.5. The van der Waals surface area contributed by atoms with Crippen LogP contribution in [0.25, 0.3) is 5.69 Å². The Hall–Kier alpha value is -3.97. The number of aromatic carboxylic acids is 1. The summed E-state index contributed by atoms with van der Waals surface area (Å²) in [5, 5.41) is 13.5. The second kappa shape index (κ2) is 9.59. The molecule has 2 N–H and O–H groups in total. The van der Waals surface area contributed by atoms with E-state index in [-0.39, 0.29) is 17.6 Å². The largest absolute Gasteiger partial charge is 0.478 e. The SMILES string of the molecule is CCc1ccc(N2C(=S)NC(c3ccccn3)C2c2cc(C)n(-c3ccc(C(=O)O)cc3)c2C)cc1. The summed E-state index contributed by atoms with van der Waals surface area (Å²) in [6.45, 7) is 6.32. The average molecular weight is 497 g/mol. The minimum atomic E-state index is -0.934. The van der Waals surface area contributed by atoms with Gasteiger partial charge in [0.2, 0.25) is 0 Å². The molecule has 0 aliphatic carbocycles. The molecule has 0 saturated carbocycles. The first-order chi connectivity index (χ1) is 17.4. The van der Waals surface area contributed by atoms with Crippen LogP contribution in [0.1, 0.15) is 57.6 Å². The molecule has 0 amide bonds. The molecule has 2 atom stereocenters. The van der Waals surface area contributed by atoms with Crippen molar-refractivity contribution in [3.05, 3.63) is 113 Å². The van der Waals surface area contributed by atoms with Gasteiger partial charge in [-0.3, -0.25) is 4.98 Å². The molecule has 0 radical (unpaired) electrons. The fourth-order valence-electron chi connectivity index (χ4n) is 5.08. The van der Waals surface area contributed by atoms with Crippen LogP contribution in [0, 0.1) is 13.8 Å². The summed E-state index contributed by atoms with van der Waals surface area (Å²) < 4.78 is 2.16. The Morgan fingerprint density at radius 3 is 2.33 bits per heavy atom. The molecule has 1 aliphatic heterocycles. The van der Waals surface area contributed by atoms with Crippen molar-refractivity contribution in [1.82, 2.24) is 14.9 Å². The van der Waals surface area contributed by atoms with Gasteiger partial charge < -0.3 is 19.9 Å². The molecule has 3 heterocycles. The maximum absolute atomic E-state index is 11.3. The van der Waals surface area contributed by atoms with Crippen LogP contribution in [0.15, 0.2) is 79.0 Å². The molecule has 36 heavy (non-hydrogen) atoms. The summed E-state index contributed by atoms with van der Waals surface area (Å²) in [6, 6.07) is 23.4. The molecule has 2 aromatic heterocycles. The van der Waals surface area contributed by atoms with Crippen molar-refractivity contribution < 1.29 is 9.90 Å². The van der Waals surface area contributed by atoms with Gasteiger partial charge in [0, 0.05) is 29.0 Å². The Labute approximate surface area is 216 Å². The first-order valence-corrected chi connectivity index (χ1v) is 12.4. The number of carbonyl (C=O) groups is 1. The van der Waals surface area contributed by atoms with Gasteiger partial charge in [-0.05, 0) is 98.2 Å². The standard InChI is InChI=1S/C29H28N4O2S/c1-4-20-8-12-23(13-9-20)33-27(26(31-29(33)36)25-7-5-6-16-30-25)24-17-18(2)32(19(24)3)22-14-10-21(11-15-22)28(34)35/h5-17,26-27H,4H2,1-3H3,(H,31,36)(H,34,35).